The van der Waals surface area contributed by atoms with E-state index in [0.29, 0.717) is 17.7 Å². The minimum absolute atomic E-state index is 0.316. The van der Waals surface area contributed by atoms with Crippen LogP contribution in [0.5, 0.6) is 0 Å². The maximum Gasteiger partial charge on any atom is 0.137 e. The number of hydrogen-bond donors (Lipinski definition) is 0. The van der Waals surface area contributed by atoms with Gasteiger partial charge in [0.05, 0.1) is 0 Å². The summed E-state index contributed by atoms with van der Waals surface area (Å²) in [6.07, 6.45) is 12.9. The fraction of sp³-hybridized carbons (Fsp3) is 0.667. The van der Waals surface area contributed by atoms with Gasteiger partial charge in [0.25, 0.3) is 0 Å². The van der Waals surface area contributed by atoms with E-state index >= 15 is 0 Å². The molecule has 1 saturated heterocycles. The summed E-state index contributed by atoms with van der Waals surface area (Å²) in [4.78, 5) is 19.0. The van der Waals surface area contributed by atoms with Gasteiger partial charge in [-0.3, -0.25) is 14.7 Å². The van der Waals surface area contributed by atoms with E-state index in [2.05, 4.69) is 22.0 Å². The van der Waals surface area contributed by atoms with Crippen molar-refractivity contribution in [3.05, 3.63) is 30.1 Å². The first-order valence-electron chi connectivity index (χ1n) is 8.50. The monoisotopic (exact) mass is 286 g/mol. The van der Waals surface area contributed by atoms with Crippen molar-refractivity contribution >= 4 is 5.78 Å². The molecule has 1 aromatic heterocycles. The zero-order chi connectivity index (χ0) is 14.5. The lowest BCUT2D eigenvalue weighted by Gasteiger charge is -2.41. The minimum Gasteiger partial charge on any atom is -0.299 e. The Labute approximate surface area is 127 Å². The third-order valence-corrected chi connectivity index (χ3v) is 5.17. The lowest BCUT2D eigenvalue weighted by atomic mass is 9.79. The lowest BCUT2D eigenvalue weighted by molar-refractivity contribution is -0.127. The molecular formula is C18H26N2O. The van der Waals surface area contributed by atoms with Gasteiger partial charge in [-0.05, 0) is 56.3 Å². The molecule has 0 bridgehead atoms. The highest BCUT2D eigenvalue weighted by Crippen LogP contribution is 2.31. The number of rotatable bonds is 4. The predicted molar refractivity (Wildman–Crippen MR) is 84.1 cm³/mol. The van der Waals surface area contributed by atoms with Crippen LogP contribution in [0.1, 0.15) is 50.5 Å². The van der Waals surface area contributed by atoms with Gasteiger partial charge in [0.2, 0.25) is 0 Å². The Kier molecular flexibility index (Phi) is 5.02. The van der Waals surface area contributed by atoms with Crippen molar-refractivity contribution < 1.29 is 4.79 Å². The van der Waals surface area contributed by atoms with Gasteiger partial charge in [0, 0.05) is 37.3 Å². The molecule has 1 aliphatic carbocycles. The van der Waals surface area contributed by atoms with Crippen molar-refractivity contribution in [2.75, 3.05) is 13.1 Å². The molecule has 0 N–H and O–H groups in total. The predicted octanol–water partition coefficient (Wildman–Crippen LogP) is 3.24. The van der Waals surface area contributed by atoms with E-state index in [0.717, 1.165) is 32.2 Å². The number of likely N-dealkylation sites (tertiary alicyclic amines) is 1. The van der Waals surface area contributed by atoms with Gasteiger partial charge in [0.1, 0.15) is 5.78 Å². The molecule has 1 saturated carbocycles. The van der Waals surface area contributed by atoms with Crippen molar-refractivity contribution in [2.45, 2.75) is 57.4 Å². The Morgan fingerprint density at radius 1 is 1.10 bits per heavy atom. The van der Waals surface area contributed by atoms with Crippen LogP contribution in [0.3, 0.4) is 0 Å². The summed E-state index contributed by atoms with van der Waals surface area (Å²) in [5.41, 5.74) is 1.35. The van der Waals surface area contributed by atoms with E-state index in [4.69, 9.17) is 0 Å². The molecule has 1 aliphatic heterocycles. The maximum atomic E-state index is 12.3. The number of Topliss-reactive ketones (excluding diaryl/α,β-unsaturated/α-hetero) is 1. The molecule has 2 unspecified atom stereocenters. The Balaban J connectivity index is 1.62. The molecule has 114 valence electrons. The van der Waals surface area contributed by atoms with Crippen LogP contribution in [0, 0.1) is 5.92 Å². The zero-order valence-corrected chi connectivity index (χ0v) is 12.8. The molecule has 3 nitrogen and oxygen atoms in total. The molecule has 2 fully saturated rings. The first-order chi connectivity index (χ1) is 10.3. The fourth-order valence-electron chi connectivity index (χ4n) is 3.99. The highest BCUT2D eigenvalue weighted by Gasteiger charge is 2.34. The van der Waals surface area contributed by atoms with E-state index in [9.17, 15) is 4.79 Å². The molecule has 3 rings (SSSR count). The number of pyridine rings is 1. The van der Waals surface area contributed by atoms with Gasteiger partial charge in [-0.25, -0.2) is 0 Å². The van der Waals surface area contributed by atoms with Crippen LogP contribution in [-0.2, 0) is 11.2 Å². The standard InChI is InChI=1S/C18H26N2O/c21-18-7-2-1-5-16(18)17-6-3-4-13-20(17)14-10-15-8-11-19-12-9-15/h8-9,11-12,16-17H,1-7,10,13-14H2. The Hall–Kier alpha value is -1.22. The van der Waals surface area contributed by atoms with Crippen LogP contribution in [0.25, 0.3) is 0 Å². The van der Waals surface area contributed by atoms with Gasteiger partial charge >= 0.3 is 0 Å². The van der Waals surface area contributed by atoms with Crippen LogP contribution < -0.4 is 0 Å². The van der Waals surface area contributed by atoms with Crippen LogP contribution in [0.4, 0.5) is 0 Å². The summed E-state index contributed by atoms with van der Waals surface area (Å²) in [6, 6.07) is 4.71. The molecule has 0 radical (unpaired) electrons. The SMILES string of the molecule is O=C1CCCCC1C1CCCCN1CCc1ccncc1. The largest absolute Gasteiger partial charge is 0.299 e. The highest BCUT2D eigenvalue weighted by atomic mass is 16.1. The third kappa shape index (κ3) is 3.70. The van der Waals surface area contributed by atoms with Crippen LogP contribution >= 0.6 is 0 Å². The summed E-state index contributed by atoms with van der Waals surface area (Å²) < 4.78 is 0. The molecule has 2 atom stereocenters. The van der Waals surface area contributed by atoms with Crippen molar-refractivity contribution in [1.29, 1.82) is 0 Å². The topological polar surface area (TPSA) is 33.2 Å². The second-order valence-electron chi connectivity index (χ2n) is 6.52. The molecule has 0 spiro atoms. The average molecular weight is 286 g/mol. The molecule has 21 heavy (non-hydrogen) atoms. The molecule has 3 heteroatoms. The van der Waals surface area contributed by atoms with Gasteiger partial charge < -0.3 is 0 Å². The second-order valence-corrected chi connectivity index (χ2v) is 6.52. The molecule has 2 heterocycles. The summed E-state index contributed by atoms with van der Waals surface area (Å²) in [6.45, 7) is 2.25. The smallest absolute Gasteiger partial charge is 0.137 e. The number of carbonyl (C=O) groups is 1. The summed E-state index contributed by atoms with van der Waals surface area (Å²) in [7, 11) is 0. The summed E-state index contributed by atoms with van der Waals surface area (Å²) in [5.74, 6) is 0.846. The first-order valence-corrected chi connectivity index (χ1v) is 8.50. The van der Waals surface area contributed by atoms with Gasteiger partial charge in [0.15, 0.2) is 0 Å². The molecule has 0 aromatic carbocycles. The third-order valence-electron chi connectivity index (χ3n) is 5.17. The van der Waals surface area contributed by atoms with Gasteiger partial charge in [-0.15, -0.1) is 0 Å². The molecular weight excluding hydrogens is 260 g/mol. The summed E-state index contributed by atoms with van der Waals surface area (Å²) >= 11 is 0. The Morgan fingerprint density at radius 3 is 2.71 bits per heavy atom. The number of aromatic nitrogens is 1. The van der Waals surface area contributed by atoms with E-state index in [1.54, 1.807) is 0 Å². The zero-order valence-electron chi connectivity index (χ0n) is 12.8. The summed E-state index contributed by atoms with van der Waals surface area (Å²) in [5, 5.41) is 0. The van der Waals surface area contributed by atoms with Crippen LogP contribution in [-0.4, -0.2) is 34.8 Å². The lowest BCUT2D eigenvalue weighted by Crippen LogP contribution is -2.48. The Morgan fingerprint density at radius 2 is 1.90 bits per heavy atom. The number of carbonyl (C=O) groups excluding carboxylic acids is 1. The van der Waals surface area contributed by atoms with Crippen molar-refractivity contribution in [3.8, 4) is 0 Å². The van der Waals surface area contributed by atoms with Crippen LogP contribution in [0.15, 0.2) is 24.5 Å². The quantitative estimate of drug-likeness (QED) is 0.852. The minimum atomic E-state index is 0.316. The molecule has 2 aliphatic rings. The second kappa shape index (κ2) is 7.17. The van der Waals surface area contributed by atoms with Gasteiger partial charge in [-0.1, -0.05) is 12.8 Å². The fourth-order valence-corrected chi connectivity index (χ4v) is 3.99. The van der Waals surface area contributed by atoms with E-state index in [1.807, 2.05) is 12.4 Å². The highest BCUT2D eigenvalue weighted by molar-refractivity contribution is 5.82. The average Bonchev–Trinajstić information content (AvgIpc) is 2.55. The molecule has 0 amide bonds. The van der Waals surface area contributed by atoms with Gasteiger partial charge in [-0.2, -0.15) is 0 Å². The number of ketones is 1. The first kappa shape index (κ1) is 14.7. The van der Waals surface area contributed by atoms with E-state index in [-0.39, 0.29) is 0 Å². The van der Waals surface area contributed by atoms with Crippen molar-refractivity contribution in [1.82, 2.24) is 9.88 Å². The number of hydrogen-bond acceptors (Lipinski definition) is 3. The number of nitrogens with zero attached hydrogens (tertiary/aromatic N) is 2. The van der Waals surface area contributed by atoms with Crippen molar-refractivity contribution in [3.63, 3.8) is 0 Å². The normalized spacial score (nSPS) is 27.7. The maximum absolute atomic E-state index is 12.3. The number of piperidine rings is 1. The molecule has 1 aromatic rings. The van der Waals surface area contributed by atoms with Crippen molar-refractivity contribution in [2.24, 2.45) is 5.92 Å². The van der Waals surface area contributed by atoms with Crippen LogP contribution in [0.2, 0.25) is 0 Å². The Bertz CT molecular complexity index is 460. The van der Waals surface area contributed by atoms with E-state index in [1.165, 1.54) is 37.8 Å². The van der Waals surface area contributed by atoms with E-state index < -0.39 is 0 Å².